The predicted molar refractivity (Wildman–Crippen MR) is 141 cm³/mol. The Balaban J connectivity index is 1.59. The number of benzene rings is 2. The molecule has 12 heteroatoms. The van der Waals surface area contributed by atoms with E-state index in [1.54, 1.807) is 7.05 Å². The number of carbonyl (C=O) groups excluding carboxylic acids is 1. The van der Waals surface area contributed by atoms with Crippen LogP contribution in [0.2, 0.25) is 0 Å². The smallest absolute Gasteiger partial charge is 0.280 e. The van der Waals surface area contributed by atoms with Gasteiger partial charge >= 0.3 is 0 Å². The topological polar surface area (TPSA) is 117 Å². The molecule has 0 aliphatic carbocycles. The summed E-state index contributed by atoms with van der Waals surface area (Å²) in [4.78, 5) is 36.7. The van der Waals surface area contributed by atoms with Crippen molar-refractivity contribution in [2.45, 2.75) is 13.1 Å². The van der Waals surface area contributed by atoms with Crippen molar-refractivity contribution in [3.63, 3.8) is 0 Å². The molecule has 0 radical (unpaired) electrons. The zero-order chi connectivity index (χ0) is 27.2. The van der Waals surface area contributed by atoms with Gasteiger partial charge in [0.15, 0.2) is 11.6 Å². The van der Waals surface area contributed by atoms with Gasteiger partial charge in [0, 0.05) is 38.1 Å². The third kappa shape index (κ3) is 6.27. The fourth-order valence-electron chi connectivity index (χ4n) is 3.81. The van der Waals surface area contributed by atoms with Gasteiger partial charge in [-0.25, -0.2) is 23.4 Å². The Labute approximate surface area is 217 Å². The van der Waals surface area contributed by atoms with Gasteiger partial charge in [-0.1, -0.05) is 12.1 Å². The molecule has 0 bridgehead atoms. The standard InChI is InChI=1S/C26H28F2N8O2/c1-29-24-18-10-16(5-7-22(18)32-15-33-24)13-31-25(37)19-12-23(30-8-9-35(2)3)34-36(26(19)38)14-17-4-6-20(27)21(28)11-17/h4-7,10-12,15H,8-9,13-14H2,1-3H3,(H,30,34)(H,31,37)(H,29,32,33). The van der Waals surface area contributed by atoms with Crippen molar-refractivity contribution in [1.29, 1.82) is 0 Å². The lowest BCUT2D eigenvalue weighted by Crippen LogP contribution is -2.35. The van der Waals surface area contributed by atoms with E-state index >= 15 is 0 Å². The van der Waals surface area contributed by atoms with Gasteiger partial charge in [-0.15, -0.1) is 0 Å². The number of rotatable bonds is 10. The molecule has 0 atom stereocenters. The van der Waals surface area contributed by atoms with Crippen LogP contribution in [0.25, 0.3) is 10.9 Å². The second-order valence-electron chi connectivity index (χ2n) is 8.89. The molecule has 0 saturated heterocycles. The van der Waals surface area contributed by atoms with Crippen LogP contribution in [0.1, 0.15) is 21.5 Å². The first-order valence-electron chi connectivity index (χ1n) is 11.9. The first kappa shape index (κ1) is 26.6. The molecule has 2 aromatic heterocycles. The molecular formula is C26H28F2N8O2. The number of fused-ring (bicyclic) bond motifs is 1. The monoisotopic (exact) mass is 522 g/mol. The Hall–Kier alpha value is -4.45. The molecule has 2 aromatic carbocycles. The zero-order valence-electron chi connectivity index (χ0n) is 21.3. The fourth-order valence-corrected chi connectivity index (χ4v) is 3.81. The van der Waals surface area contributed by atoms with Crippen LogP contribution in [0.15, 0.2) is 53.6 Å². The first-order valence-corrected chi connectivity index (χ1v) is 11.9. The van der Waals surface area contributed by atoms with Crippen molar-refractivity contribution in [2.75, 3.05) is 44.9 Å². The molecule has 0 fully saturated rings. The maximum atomic E-state index is 13.7. The maximum Gasteiger partial charge on any atom is 0.280 e. The lowest BCUT2D eigenvalue weighted by molar-refractivity contribution is 0.0948. The summed E-state index contributed by atoms with van der Waals surface area (Å²) in [5.74, 6) is -1.65. The molecule has 38 heavy (non-hydrogen) atoms. The van der Waals surface area contributed by atoms with Gasteiger partial charge in [0.2, 0.25) is 0 Å². The van der Waals surface area contributed by atoms with Crippen LogP contribution in [-0.4, -0.2) is 64.8 Å². The van der Waals surface area contributed by atoms with Crippen molar-refractivity contribution in [1.82, 2.24) is 30.0 Å². The fraction of sp³-hybridized carbons (Fsp3) is 0.269. The third-order valence-corrected chi connectivity index (χ3v) is 5.79. The molecule has 10 nitrogen and oxygen atoms in total. The van der Waals surface area contributed by atoms with E-state index in [-0.39, 0.29) is 18.7 Å². The van der Waals surface area contributed by atoms with Gasteiger partial charge in [-0.2, -0.15) is 5.10 Å². The molecule has 1 amide bonds. The minimum absolute atomic E-state index is 0.130. The van der Waals surface area contributed by atoms with E-state index in [0.717, 1.165) is 33.3 Å². The summed E-state index contributed by atoms with van der Waals surface area (Å²) in [6.07, 6.45) is 1.47. The summed E-state index contributed by atoms with van der Waals surface area (Å²) < 4.78 is 28.2. The van der Waals surface area contributed by atoms with E-state index in [4.69, 9.17) is 0 Å². The highest BCUT2D eigenvalue weighted by atomic mass is 19.2. The number of carbonyl (C=O) groups is 1. The van der Waals surface area contributed by atoms with Gasteiger partial charge in [0.25, 0.3) is 11.5 Å². The van der Waals surface area contributed by atoms with Gasteiger partial charge in [0.05, 0.1) is 12.1 Å². The summed E-state index contributed by atoms with van der Waals surface area (Å²) in [7, 11) is 5.59. The molecule has 2 heterocycles. The number of halogens is 2. The average molecular weight is 523 g/mol. The van der Waals surface area contributed by atoms with E-state index < -0.39 is 23.1 Å². The van der Waals surface area contributed by atoms with Gasteiger partial charge < -0.3 is 20.9 Å². The Bertz CT molecular complexity index is 1520. The number of anilines is 2. The summed E-state index contributed by atoms with van der Waals surface area (Å²) in [5.41, 5.74) is 1.08. The van der Waals surface area contributed by atoms with Crippen molar-refractivity contribution < 1.29 is 13.6 Å². The van der Waals surface area contributed by atoms with Crippen molar-refractivity contribution in [3.8, 4) is 0 Å². The predicted octanol–water partition coefficient (Wildman–Crippen LogP) is 2.46. The number of aromatic nitrogens is 4. The Kier molecular flexibility index (Phi) is 8.22. The molecule has 0 aliphatic rings. The molecule has 0 unspecified atom stereocenters. The Morgan fingerprint density at radius 1 is 1.03 bits per heavy atom. The number of likely N-dealkylation sites (N-methyl/N-ethyl adjacent to an activating group) is 1. The normalized spacial score (nSPS) is 11.1. The van der Waals surface area contributed by atoms with Gasteiger partial charge in [-0.05, 0) is 49.5 Å². The van der Waals surface area contributed by atoms with Gasteiger partial charge in [0.1, 0.15) is 23.5 Å². The summed E-state index contributed by atoms with van der Waals surface area (Å²) in [5, 5.41) is 14.0. The summed E-state index contributed by atoms with van der Waals surface area (Å²) >= 11 is 0. The van der Waals surface area contributed by atoms with Crippen LogP contribution in [0.5, 0.6) is 0 Å². The van der Waals surface area contributed by atoms with Crippen LogP contribution >= 0.6 is 0 Å². The van der Waals surface area contributed by atoms with E-state index in [9.17, 15) is 18.4 Å². The number of amides is 1. The quantitative estimate of drug-likeness (QED) is 0.291. The number of nitrogens with zero attached hydrogens (tertiary/aromatic N) is 5. The lowest BCUT2D eigenvalue weighted by Gasteiger charge is -2.14. The minimum Gasteiger partial charge on any atom is -0.373 e. The highest BCUT2D eigenvalue weighted by Crippen LogP contribution is 2.20. The molecule has 3 N–H and O–H groups in total. The highest BCUT2D eigenvalue weighted by Gasteiger charge is 2.17. The minimum atomic E-state index is -1.03. The SMILES string of the molecule is CNc1ncnc2ccc(CNC(=O)c3cc(NCCN(C)C)nn(Cc4ccc(F)c(F)c4)c3=O)cc12. The van der Waals surface area contributed by atoms with Crippen LogP contribution in [0.4, 0.5) is 20.4 Å². The summed E-state index contributed by atoms with van der Waals surface area (Å²) in [6.45, 7) is 1.21. The number of nitrogens with one attached hydrogen (secondary N) is 3. The van der Waals surface area contributed by atoms with Crippen LogP contribution < -0.4 is 21.5 Å². The maximum absolute atomic E-state index is 13.7. The Morgan fingerprint density at radius 2 is 1.82 bits per heavy atom. The molecule has 0 spiro atoms. The van der Waals surface area contributed by atoms with E-state index in [2.05, 4.69) is 31.0 Å². The van der Waals surface area contributed by atoms with E-state index in [1.807, 2.05) is 37.2 Å². The van der Waals surface area contributed by atoms with E-state index in [1.165, 1.54) is 18.5 Å². The van der Waals surface area contributed by atoms with E-state index in [0.29, 0.717) is 30.3 Å². The lowest BCUT2D eigenvalue weighted by atomic mass is 10.1. The van der Waals surface area contributed by atoms with Gasteiger partial charge in [-0.3, -0.25) is 9.59 Å². The molecule has 198 valence electrons. The Morgan fingerprint density at radius 3 is 2.55 bits per heavy atom. The second kappa shape index (κ2) is 11.7. The molecule has 4 rings (SSSR count). The largest absolute Gasteiger partial charge is 0.373 e. The number of hydrogen-bond acceptors (Lipinski definition) is 8. The third-order valence-electron chi connectivity index (χ3n) is 5.79. The number of hydrogen-bond donors (Lipinski definition) is 3. The highest BCUT2D eigenvalue weighted by molar-refractivity contribution is 5.94. The van der Waals surface area contributed by atoms with Crippen molar-refractivity contribution in [2.24, 2.45) is 0 Å². The van der Waals surface area contributed by atoms with Crippen LogP contribution in [0.3, 0.4) is 0 Å². The molecule has 0 aliphatic heterocycles. The van der Waals surface area contributed by atoms with Crippen molar-refractivity contribution >= 4 is 28.4 Å². The van der Waals surface area contributed by atoms with Crippen molar-refractivity contribution in [3.05, 3.63) is 87.5 Å². The van der Waals surface area contributed by atoms with Crippen LogP contribution in [-0.2, 0) is 13.1 Å². The second-order valence-corrected chi connectivity index (χ2v) is 8.89. The molecule has 0 saturated carbocycles. The first-order chi connectivity index (χ1) is 18.2. The zero-order valence-corrected chi connectivity index (χ0v) is 21.3. The average Bonchev–Trinajstić information content (AvgIpc) is 2.90. The van der Waals surface area contributed by atoms with Crippen LogP contribution in [0, 0.1) is 11.6 Å². The summed E-state index contributed by atoms with van der Waals surface area (Å²) in [6, 6.07) is 10.3. The molecule has 4 aromatic rings. The molecular weight excluding hydrogens is 494 g/mol.